The molecule has 178 valence electrons. The van der Waals surface area contributed by atoms with Gasteiger partial charge in [-0.15, -0.1) is 0 Å². The lowest BCUT2D eigenvalue weighted by atomic mass is 9.85. The summed E-state index contributed by atoms with van der Waals surface area (Å²) < 4.78 is 5.57. The zero-order chi connectivity index (χ0) is 24.0. The van der Waals surface area contributed by atoms with Crippen LogP contribution in [0, 0.1) is 17.3 Å². The lowest BCUT2D eigenvalue weighted by Gasteiger charge is -2.29. The molecule has 2 N–H and O–H groups in total. The van der Waals surface area contributed by atoms with Crippen LogP contribution in [0.4, 0.5) is 4.79 Å². The number of ether oxygens (including phenoxy) is 1. The summed E-state index contributed by atoms with van der Waals surface area (Å²) in [7, 11) is 0. The van der Waals surface area contributed by atoms with Gasteiger partial charge in [0.15, 0.2) is 0 Å². The molecule has 3 atom stereocenters. The summed E-state index contributed by atoms with van der Waals surface area (Å²) in [5.41, 5.74) is 4.23. The molecule has 0 radical (unpaired) electrons. The van der Waals surface area contributed by atoms with Crippen LogP contribution < -0.4 is 5.32 Å². The summed E-state index contributed by atoms with van der Waals surface area (Å²) in [5, 5.41) is 12.4. The molecule has 2 aliphatic carbocycles. The van der Waals surface area contributed by atoms with Gasteiger partial charge in [-0.25, -0.2) is 9.59 Å². The monoisotopic (exact) mass is 462 g/mol. The zero-order valence-electron chi connectivity index (χ0n) is 19.5. The summed E-state index contributed by atoms with van der Waals surface area (Å²) in [6.45, 7) is 4.84. The SMILES string of the molecule is CC1(C)CCN(C(=O)C2CC2CNC(=O)OCC2c3ccccc3-c3ccccc32)C1C(=O)O. The van der Waals surface area contributed by atoms with Gasteiger partial charge in [0.05, 0.1) is 0 Å². The van der Waals surface area contributed by atoms with E-state index in [-0.39, 0.29) is 30.3 Å². The molecule has 3 unspecified atom stereocenters. The molecular formula is C27H30N2O5. The maximum absolute atomic E-state index is 12.9. The number of alkyl carbamates (subject to hydrolysis) is 1. The first-order valence-corrected chi connectivity index (χ1v) is 11.9. The number of carbonyl (C=O) groups is 3. The van der Waals surface area contributed by atoms with Gasteiger partial charge in [0.25, 0.3) is 0 Å². The third kappa shape index (κ3) is 3.93. The normalized spacial score (nSPS) is 24.3. The van der Waals surface area contributed by atoms with Crippen molar-refractivity contribution in [2.45, 2.75) is 38.6 Å². The summed E-state index contributed by atoms with van der Waals surface area (Å²) in [6.07, 6.45) is 0.835. The Morgan fingerprint density at radius 2 is 1.68 bits per heavy atom. The number of nitrogens with zero attached hydrogens (tertiary/aromatic N) is 1. The maximum atomic E-state index is 12.9. The van der Waals surface area contributed by atoms with Crippen molar-refractivity contribution in [1.82, 2.24) is 10.2 Å². The number of fused-ring (bicyclic) bond motifs is 3. The summed E-state index contributed by atoms with van der Waals surface area (Å²) >= 11 is 0. The molecule has 1 heterocycles. The van der Waals surface area contributed by atoms with Gasteiger partial charge in [-0.05, 0) is 46.4 Å². The van der Waals surface area contributed by atoms with E-state index in [1.54, 1.807) is 0 Å². The molecule has 0 bridgehead atoms. The van der Waals surface area contributed by atoms with Crippen molar-refractivity contribution in [2.75, 3.05) is 19.7 Å². The fourth-order valence-electron chi connectivity index (χ4n) is 5.65. The first kappa shape index (κ1) is 22.4. The van der Waals surface area contributed by atoms with Crippen molar-refractivity contribution in [3.63, 3.8) is 0 Å². The average Bonchev–Trinajstić information content (AvgIpc) is 3.42. The minimum atomic E-state index is -0.954. The smallest absolute Gasteiger partial charge is 0.407 e. The van der Waals surface area contributed by atoms with Crippen LogP contribution in [0.3, 0.4) is 0 Å². The van der Waals surface area contributed by atoms with Crippen LogP contribution in [0.2, 0.25) is 0 Å². The van der Waals surface area contributed by atoms with Gasteiger partial charge in [-0.3, -0.25) is 4.79 Å². The highest BCUT2D eigenvalue weighted by atomic mass is 16.5. The molecule has 1 aliphatic heterocycles. The van der Waals surface area contributed by atoms with E-state index in [1.165, 1.54) is 16.0 Å². The molecular weight excluding hydrogens is 432 g/mol. The number of amides is 2. The standard InChI is InChI=1S/C27H30N2O5/c1-27(2)11-12-29(23(27)25(31)32)24(30)21-13-16(21)14-28-26(33)34-15-22-19-9-5-3-7-17(19)18-8-4-6-10-20(18)22/h3-10,16,21-23H,11-15H2,1-2H3,(H,28,33)(H,31,32). The van der Waals surface area contributed by atoms with E-state index in [9.17, 15) is 19.5 Å². The molecule has 2 amide bonds. The third-order valence-electron chi connectivity index (χ3n) is 7.66. The number of benzene rings is 2. The number of nitrogens with one attached hydrogen (secondary N) is 1. The van der Waals surface area contributed by atoms with E-state index in [0.29, 0.717) is 25.9 Å². The van der Waals surface area contributed by atoms with Gasteiger partial charge in [0, 0.05) is 24.9 Å². The number of hydrogen-bond acceptors (Lipinski definition) is 4. The first-order chi connectivity index (χ1) is 16.3. The number of rotatable bonds is 6. The molecule has 7 nitrogen and oxygen atoms in total. The predicted octanol–water partition coefficient (Wildman–Crippen LogP) is 3.87. The molecule has 1 saturated heterocycles. The Morgan fingerprint density at radius 1 is 1.06 bits per heavy atom. The maximum Gasteiger partial charge on any atom is 0.407 e. The van der Waals surface area contributed by atoms with Crippen LogP contribution >= 0.6 is 0 Å². The largest absolute Gasteiger partial charge is 0.480 e. The number of carboxylic acids is 1. The second-order valence-electron chi connectivity index (χ2n) is 10.3. The van der Waals surface area contributed by atoms with E-state index in [4.69, 9.17) is 4.74 Å². The van der Waals surface area contributed by atoms with E-state index in [2.05, 4.69) is 29.6 Å². The lowest BCUT2D eigenvalue weighted by molar-refractivity contribution is -0.151. The van der Waals surface area contributed by atoms with E-state index in [0.717, 1.165) is 11.1 Å². The van der Waals surface area contributed by atoms with Gasteiger partial charge in [-0.2, -0.15) is 0 Å². The Bertz CT molecular complexity index is 1100. The van der Waals surface area contributed by atoms with Gasteiger partial charge in [0.1, 0.15) is 12.6 Å². The highest BCUT2D eigenvalue weighted by Crippen LogP contribution is 2.45. The summed E-state index contributed by atoms with van der Waals surface area (Å²) in [4.78, 5) is 38.6. The molecule has 2 aromatic carbocycles. The quantitative estimate of drug-likeness (QED) is 0.679. The van der Waals surface area contributed by atoms with Crippen LogP contribution in [0.5, 0.6) is 0 Å². The van der Waals surface area contributed by atoms with Crippen molar-refractivity contribution in [2.24, 2.45) is 17.3 Å². The highest BCUT2D eigenvalue weighted by Gasteiger charge is 2.52. The molecule has 34 heavy (non-hydrogen) atoms. The van der Waals surface area contributed by atoms with E-state index >= 15 is 0 Å². The fraction of sp³-hybridized carbons (Fsp3) is 0.444. The van der Waals surface area contributed by atoms with Gasteiger partial charge >= 0.3 is 12.1 Å². The number of carboxylic acid groups (broad SMARTS) is 1. The molecule has 0 aromatic heterocycles. The minimum Gasteiger partial charge on any atom is -0.480 e. The second-order valence-corrected chi connectivity index (χ2v) is 10.3. The van der Waals surface area contributed by atoms with Crippen LogP contribution in [0.1, 0.15) is 43.7 Å². The van der Waals surface area contributed by atoms with E-state index in [1.807, 2.05) is 38.1 Å². The molecule has 5 rings (SSSR count). The molecule has 2 aromatic rings. The molecule has 0 spiro atoms. The van der Waals surface area contributed by atoms with Gasteiger partial charge in [-0.1, -0.05) is 62.4 Å². The molecule has 7 heteroatoms. The molecule has 1 saturated carbocycles. The molecule has 3 aliphatic rings. The summed E-state index contributed by atoms with van der Waals surface area (Å²) in [5.74, 6) is -1.28. The zero-order valence-corrected chi connectivity index (χ0v) is 19.5. The van der Waals surface area contributed by atoms with Crippen molar-refractivity contribution in [1.29, 1.82) is 0 Å². The van der Waals surface area contributed by atoms with E-state index < -0.39 is 23.5 Å². The first-order valence-electron chi connectivity index (χ1n) is 11.9. The topological polar surface area (TPSA) is 95.9 Å². The number of likely N-dealkylation sites (tertiary alicyclic amines) is 1. The Morgan fingerprint density at radius 3 is 2.29 bits per heavy atom. The number of hydrogen-bond donors (Lipinski definition) is 2. The fourth-order valence-corrected chi connectivity index (χ4v) is 5.65. The van der Waals surface area contributed by atoms with Crippen LogP contribution in [0.15, 0.2) is 48.5 Å². The third-order valence-corrected chi connectivity index (χ3v) is 7.66. The van der Waals surface area contributed by atoms with Gasteiger partial charge < -0.3 is 20.1 Å². The minimum absolute atomic E-state index is 0.000116. The average molecular weight is 463 g/mol. The Labute approximate surface area is 199 Å². The van der Waals surface area contributed by atoms with Crippen LogP contribution in [-0.4, -0.2) is 53.7 Å². The Kier molecular flexibility index (Phi) is 5.58. The van der Waals surface area contributed by atoms with Crippen molar-refractivity contribution in [3.05, 3.63) is 59.7 Å². The second kappa shape index (κ2) is 8.46. The van der Waals surface area contributed by atoms with Crippen LogP contribution in [-0.2, 0) is 14.3 Å². The lowest BCUT2D eigenvalue weighted by Crippen LogP contribution is -2.47. The van der Waals surface area contributed by atoms with Crippen molar-refractivity contribution in [3.8, 4) is 11.1 Å². The highest BCUT2D eigenvalue weighted by molar-refractivity contribution is 5.88. The molecule has 2 fully saturated rings. The van der Waals surface area contributed by atoms with Gasteiger partial charge in [0.2, 0.25) is 5.91 Å². The summed E-state index contributed by atoms with van der Waals surface area (Å²) in [6, 6.07) is 15.6. The van der Waals surface area contributed by atoms with Crippen molar-refractivity contribution >= 4 is 18.0 Å². The Hall–Kier alpha value is -3.35. The van der Waals surface area contributed by atoms with Crippen molar-refractivity contribution < 1.29 is 24.2 Å². The number of aliphatic carboxylic acids is 1. The predicted molar refractivity (Wildman–Crippen MR) is 126 cm³/mol. The van der Waals surface area contributed by atoms with Crippen LogP contribution in [0.25, 0.3) is 11.1 Å². The number of carbonyl (C=O) groups excluding carboxylic acids is 2. The Balaban J connectivity index is 1.13.